The summed E-state index contributed by atoms with van der Waals surface area (Å²) in [5, 5.41) is 3.51. The van der Waals surface area contributed by atoms with Gasteiger partial charge < -0.3 is 29.7 Å². The van der Waals surface area contributed by atoms with Crippen LogP contribution in [-0.2, 0) is 0 Å². The average Bonchev–Trinajstić information content (AvgIpc) is 2.82. The van der Waals surface area contributed by atoms with Crippen LogP contribution in [0.5, 0.6) is 5.75 Å². The third kappa shape index (κ3) is 7.01. The lowest BCUT2D eigenvalue weighted by molar-refractivity contribution is 0.125. The van der Waals surface area contributed by atoms with Gasteiger partial charge in [0.25, 0.3) is 0 Å². The highest BCUT2D eigenvalue weighted by Gasteiger charge is 2.21. The molecule has 0 aromatic heterocycles. The highest BCUT2D eigenvalue weighted by Crippen LogP contribution is 2.22. The Kier molecular flexibility index (Phi) is 9.28. The summed E-state index contributed by atoms with van der Waals surface area (Å²) in [5.74, 6) is 2.55. The van der Waals surface area contributed by atoms with E-state index in [1.54, 1.807) is 7.11 Å². The molecule has 31 heavy (non-hydrogen) atoms. The molecule has 1 N–H and O–H groups in total. The quantitative estimate of drug-likeness (QED) is 0.503. The summed E-state index contributed by atoms with van der Waals surface area (Å²) in [6.45, 7) is 19.6. The van der Waals surface area contributed by atoms with Crippen LogP contribution in [0.3, 0.4) is 0 Å². The molecule has 2 fully saturated rings. The maximum absolute atomic E-state index is 5.38. The van der Waals surface area contributed by atoms with Crippen LogP contribution >= 0.6 is 0 Å². The van der Waals surface area contributed by atoms with Gasteiger partial charge in [-0.1, -0.05) is 19.9 Å². The van der Waals surface area contributed by atoms with E-state index >= 15 is 0 Å². The number of aliphatic imine (C=N–C) groups is 1. The van der Waals surface area contributed by atoms with E-state index in [4.69, 9.17) is 9.73 Å². The normalized spacial score (nSPS) is 20.1. The molecule has 1 unspecified atom stereocenters. The van der Waals surface area contributed by atoms with E-state index in [0.717, 1.165) is 57.5 Å². The van der Waals surface area contributed by atoms with Crippen LogP contribution in [0.25, 0.3) is 0 Å². The summed E-state index contributed by atoms with van der Waals surface area (Å²) in [7, 11) is 1.72. The summed E-state index contributed by atoms with van der Waals surface area (Å²) in [6, 6.07) is 8.35. The van der Waals surface area contributed by atoms with Crippen molar-refractivity contribution in [2.45, 2.75) is 20.8 Å². The zero-order valence-electron chi connectivity index (χ0n) is 20.0. The molecule has 2 aliphatic heterocycles. The molecule has 1 atom stereocenters. The summed E-state index contributed by atoms with van der Waals surface area (Å²) in [5.41, 5.74) is 1.23. The fourth-order valence-electron chi connectivity index (χ4n) is 4.44. The summed E-state index contributed by atoms with van der Waals surface area (Å²) >= 11 is 0. The van der Waals surface area contributed by atoms with E-state index in [-0.39, 0.29) is 0 Å². The van der Waals surface area contributed by atoms with Gasteiger partial charge in [0.1, 0.15) is 5.75 Å². The maximum atomic E-state index is 5.38. The van der Waals surface area contributed by atoms with Crippen LogP contribution < -0.4 is 15.0 Å². The Labute approximate surface area is 189 Å². The highest BCUT2D eigenvalue weighted by molar-refractivity contribution is 5.80. The number of hydrogen-bond donors (Lipinski definition) is 1. The van der Waals surface area contributed by atoms with Crippen LogP contribution in [0.15, 0.2) is 29.3 Å². The molecule has 0 spiro atoms. The van der Waals surface area contributed by atoms with E-state index in [2.05, 4.69) is 63.9 Å². The molecule has 3 rings (SSSR count). The molecule has 0 bridgehead atoms. The summed E-state index contributed by atoms with van der Waals surface area (Å²) < 4.78 is 5.38. The largest absolute Gasteiger partial charge is 0.497 e. The fourth-order valence-corrected chi connectivity index (χ4v) is 4.44. The number of nitrogens with zero attached hydrogens (tertiary/aromatic N) is 5. The number of benzene rings is 1. The van der Waals surface area contributed by atoms with Gasteiger partial charge in [-0.05, 0) is 31.5 Å². The number of hydrogen-bond acceptors (Lipinski definition) is 5. The molecular weight excluding hydrogens is 388 g/mol. The number of piperazine rings is 2. The minimum Gasteiger partial charge on any atom is -0.497 e. The Morgan fingerprint density at radius 1 is 1.03 bits per heavy atom. The van der Waals surface area contributed by atoms with Gasteiger partial charge in [-0.2, -0.15) is 0 Å². The Balaban J connectivity index is 1.49. The smallest absolute Gasteiger partial charge is 0.194 e. The van der Waals surface area contributed by atoms with E-state index in [9.17, 15) is 0 Å². The molecule has 0 aliphatic carbocycles. The van der Waals surface area contributed by atoms with E-state index in [1.807, 2.05) is 6.07 Å². The van der Waals surface area contributed by atoms with Gasteiger partial charge in [-0.3, -0.25) is 4.99 Å². The zero-order chi connectivity index (χ0) is 22.1. The molecule has 0 saturated carbocycles. The van der Waals surface area contributed by atoms with Gasteiger partial charge in [-0.25, -0.2) is 0 Å². The van der Waals surface area contributed by atoms with Crippen LogP contribution in [0.4, 0.5) is 5.69 Å². The van der Waals surface area contributed by atoms with Crippen molar-refractivity contribution < 1.29 is 4.74 Å². The van der Waals surface area contributed by atoms with Crippen molar-refractivity contribution in [1.29, 1.82) is 0 Å². The highest BCUT2D eigenvalue weighted by atomic mass is 16.5. The Morgan fingerprint density at radius 3 is 2.39 bits per heavy atom. The number of guanidine groups is 1. The third-order valence-corrected chi connectivity index (χ3v) is 6.37. The van der Waals surface area contributed by atoms with Crippen molar-refractivity contribution in [3.8, 4) is 5.75 Å². The monoisotopic (exact) mass is 430 g/mol. The number of rotatable bonds is 8. The van der Waals surface area contributed by atoms with Gasteiger partial charge in [0, 0.05) is 83.7 Å². The van der Waals surface area contributed by atoms with Crippen molar-refractivity contribution in [2.75, 3.05) is 90.5 Å². The summed E-state index contributed by atoms with van der Waals surface area (Å²) in [6.07, 6.45) is 0. The van der Waals surface area contributed by atoms with E-state index in [0.29, 0.717) is 5.92 Å². The lowest BCUT2D eigenvalue weighted by atomic mass is 10.1. The topological polar surface area (TPSA) is 46.6 Å². The maximum Gasteiger partial charge on any atom is 0.194 e. The lowest BCUT2D eigenvalue weighted by Gasteiger charge is -2.38. The Hall–Kier alpha value is -1.99. The van der Waals surface area contributed by atoms with Gasteiger partial charge >= 0.3 is 0 Å². The first-order valence-electron chi connectivity index (χ1n) is 12.0. The molecule has 2 saturated heterocycles. The first kappa shape index (κ1) is 23.7. The second-order valence-corrected chi connectivity index (χ2v) is 8.71. The number of nitrogens with one attached hydrogen (secondary N) is 1. The summed E-state index contributed by atoms with van der Waals surface area (Å²) in [4.78, 5) is 15.0. The molecule has 7 nitrogen and oxygen atoms in total. The molecule has 0 amide bonds. The predicted molar refractivity (Wildman–Crippen MR) is 130 cm³/mol. The molecule has 1 aromatic carbocycles. The number of ether oxygens (including phenoxy) is 1. The van der Waals surface area contributed by atoms with Gasteiger partial charge in [0.2, 0.25) is 0 Å². The van der Waals surface area contributed by atoms with Crippen molar-refractivity contribution in [3.63, 3.8) is 0 Å². The van der Waals surface area contributed by atoms with Crippen molar-refractivity contribution in [1.82, 2.24) is 20.0 Å². The SMILES string of the molecule is CCNC(=NCC(C)CN1CCN(CC)CC1)N1CCN(c2cccc(OC)c2)CC1. The minimum absolute atomic E-state index is 0.569. The molecule has 2 heterocycles. The standard InChI is InChI=1S/C24H42N6O/c1-5-25-24(26-19-21(3)20-28-12-10-27(6-2)11-13-28)30-16-14-29(15-17-30)22-8-7-9-23(18-22)31-4/h7-9,18,21H,5-6,10-17,19-20H2,1-4H3,(H,25,26). The van der Waals surface area contributed by atoms with Crippen LogP contribution in [0.1, 0.15) is 20.8 Å². The number of methoxy groups -OCH3 is 1. The van der Waals surface area contributed by atoms with E-state index in [1.165, 1.54) is 38.4 Å². The predicted octanol–water partition coefficient (Wildman–Crippen LogP) is 2.06. The molecule has 1 aromatic rings. The molecule has 2 aliphatic rings. The van der Waals surface area contributed by atoms with E-state index < -0.39 is 0 Å². The molecule has 174 valence electrons. The van der Waals surface area contributed by atoms with Crippen molar-refractivity contribution in [3.05, 3.63) is 24.3 Å². The first-order valence-corrected chi connectivity index (χ1v) is 12.0. The fraction of sp³-hybridized carbons (Fsp3) is 0.708. The second kappa shape index (κ2) is 12.2. The Morgan fingerprint density at radius 2 is 1.74 bits per heavy atom. The zero-order valence-corrected chi connectivity index (χ0v) is 20.0. The van der Waals surface area contributed by atoms with Gasteiger partial charge in [-0.15, -0.1) is 0 Å². The Bertz CT molecular complexity index is 680. The van der Waals surface area contributed by atoms with Crippen LogP contribution in [0, 0.1) is 5.92 Å². The van der Waals surface area contributed by atoms with Crippen molar-refractivity contribution >= 4 is 11.6 Å². The van der Waals surface area contributed by atoms with Gasteiger partial charge in [0.15, 0.2) is 5.96 Å². The minimum atomic E-state index is 0.569. The number of anilines is 1. The van der Waals surface area contributed by atoms with Crippen LogP contribution in [0.2, 0.25) is 0 Å². The second-order valence-electron chi connectivity index (χ2n) is 8.71. The lowest BCUT2D eigenvalue weighted by Crippen LogP contribution is -2.52. The van der Waals surface area contributed by atoms with Crippen molar-refractivity contribution in [2.24, 2.45) is 10.9 Å². The van der Waals surface area contributed by atoms with Gasteiger partial charge in [0.05, 0.1) is 7.11 Å². The molecule has 0 radical (unpaired) electrons. The number of likely N-dealkylation sites (N-methyl/N-ethyl adjacent to an activating group) is 1. The molecular formula is C24H42N6O. The average molecular weight is 431 g/mol. The molecule has 7 heteroatoms. The van der Waals surface area contributed by atoms with Crippen LogP contribution in [-0.4, -0.2) is 106 Å². The third-order valence-electron chi connectivity index (χ3n) is 6.37. The first-order chi connectivity index (χ1) is 15.1.